The van der Waals surface area contributed by atoms with Crippen LogP contribution < -0.4 is 27.8 Å². The Balaban J connectivity index is 2.44. The molecule has 0 aliphatic carbocycles. The Bertz CT molecular complexity index is 546. The Morgan fingerprint density at radius 3 is 2.62 bits per heavy atom. The lowest BCUT2D eigenvalue weighted by atomic mass is 10.1. The minimum Gasteiger partial charge on any atom is -0.480 e. The Labute approximate surface area is 137 Å². The van der Waals surface area contributed by atoms with Crippen LogP contribution in [0.2, 0.25) is 0 Å². The van der Waals surface area contributed by atoms with Crippen molar-refractivity contribution in [3.05, 3.63) is 0 Å². The predicted molar refractivity (Wildman–Crippen MR) is 82.6 cm³/mol. The Morgan fingerprint density at radius 2 is 2.04 bits per heavy atom. The molecule has 12 heteroatoms. The number of nitrogens with one attached hydrogen (secondary N) is 2. The maximum Gasteiger partial charge on any atom is 0.325 e. The molecule has 0 spiro atoms. The van der Waals surface area contributed by atoms with Crippen LogP contribution in [-0.4, -0.2) is 71.5 Å². The maximum atomic E-state index is 12.1. The Hall–Kier alpha value is -2.89. The molecule has 0 bridgehead atoms. The van der Waals surface area contributed by atoms with Gasteiger partial charge < -0.3 is 32.9 Å². The predicted octanol–water partition coefficient (Wildman–Crippen LogP) is -3.51. The first-order chi connectivity index (χ1) is 11.2. The van der Waals surface area contributed by atoms with Gasteiger partial charge in [0.05, 0.1) is 0 Å². The highest BCUT2D eigenvalue weighted by Gasteiger charge is 2.38. The molecule has 0 saturated carbocycles. The molecule has 1 saturated heterocycles. The molecule has 1 heterocycles. The summed E-state index contributed by atoms with van der Waals surface area (Å²) in [5, 5.41) is 13.3. The molecule has 1 fully saturated rings. The number of aliphatic carboxylic acids is 1. The SMILES string of the molecule is NC(N)=NCCC[C@@H]1NC(=O)N(CC(=O)NC[C@H](N)C(=O)O)C1=O. The van der Waals surface area contributed by atoms with Gasteiger partial charge in [-0.1, -0.05) is 0 Å². The summed E-state index contributed by atoms with van der Waals surface area (Å²) in [7, 11) is 0. The van der Waals surface area contributed by atoms with E-state index in [1.807, 2.05) is 0 Å². The molecule has 0 unspecified atom stereocenters. The molecule has 0 aromatic carbocycles. The zero-order valence-corrected chi connectivity index (χ0v) is 12.9. The number of aliphatic imine (C=N–C) groups is 1. The third-order valence-electron chi connectivity index (χ3n) is 3.19. The Kier molecular flexibility index (Phi) is 6.92. The maximum absolute atomic E-state index is 12.1. The highest BCUT2D eigenvalue weighted by Crippen LogP contribution is 2.11. The van der Waals surface area contributed by atoms with Gasteiger partial charge in [0, 0.05) is 13.1 Å². The number of amides is 4. The highest BCUT2D eigenvalue weighted by molar-refractivity contribution is 6.06. The number of rotatable bonds is 9. The lowest BCUT2D eigenvalue weighted by Crippen LogP contribution is -2.46. The lowest BCUT2D eigenvalue weighted by Gasteiger charge is -2.14. The lowest BCUT2D eigenvalue weighted by molar-refractivity contribution is -0.138. The largest absolute Gasteiger partial charge is 0.480 e. The standard InChI is InChI=1S/C12H21N7O5/c13-6(10(22)23)4-17-8(20)5-19-9(21)7(18-12(19)24)2-1-3-16-11(14)15/h6-7H,1-5,13H2,(H,17,20)(H,18,24)(H,22,23)(H4,14,15,16)/t6-,7-/m0/s1. The average molecular weight is 343 g/mol. The molecule has 4 amide bonds. The smallest absolute Gasteiger partial charge is 0.325 e. The summed E-state index contributed by atoms with van der Waals surface area (Å²) in [6.07, 6.45) is 0.797. The molecule has 1 aliphatic rings. The first-order valence-corrected chi connectivity index (χ1v) is 7.14. The second-order valence-corrected chi connectivity index (χ2v) is 5.12. The third kappa shape index (κ3) is 5.72. The van der Waals surface area contributed by atoms with Gasteiger partial charge in [-0.25, -0.2) is 4.79 Å². The fourth-order valence-corrected chi connectivity index (χ4v) is 1.94. The van der Waals surface area contributed by atoms with Crippen molar-refractivity contribution in [2.24, 2.45) is 22.2 Å². The van der Waals surface area contributed by atoms with Crippen LogP contribution in [-0.2, 0) is 14.4 Å². The minimum atomic E-state index is -1.27. The van der Waals surface area contributed by atoms with Crippen molar-refractivity contribution in [1.82, 2.24) is 15.5 Å². The first-order valence-electron chi connectivity index (χ1n) is 7.14. The van der Waals surface area contributed by atoms with Crippen LogP contribution in [0.4, 0.5) is 4.79 Å². The molecule has 24 heavy (non-hydrogen) atoms. The molecule has 0 aromatic rings. The number of carbonyl (C=O) groups excluding carboxylic acids is 3. The van der Waals surface area contributed by atoms with Gasteiger partial charge >= 0.3 is 12.0 Å². The average Bonchev–Trinajstić information content (AvgIpc) is 2.76. The monoisotopic (exact) mass is 343 g/mol. The van der Waals surface area contributed by atoms with Gasteiger partial charge in [0.15, 0.2) is 5.96 Å². The van der Waals surface area contributed by atoms with Crippen molar-refractivity contribution in [3.63, 3.8) is 0 Å². The van der Waals surface area contributed by atoms with Gasteiger partial charge in [-0.05, 0) is 12.8 Å². The van der Waals surface area contributed by atoms with E-state index in [1.165, 1.54) is 0 Å². The van der Waals surface area contributed by atoms with E-state index in [4.69, 9.17) is 22.3 Å². The van der Waals surface area contributed by atoms with Crippen LogP contribution in [0.3, 0.4) is 0 Å². The van der Waals surface area contributed by atoms with Gasteiger partial charge in [0.25, 0.3) is 5.91 Å². The zero-order chi connectivity index (χ0) is 18.3. The molecule has 0 aromatic heterocycles. The van der Waals surface area contributed by atoms with Crippen LogP contribution in [0, 0.1) is 0 Å². The molecule has 1 rings (SSSR count). The van der Waals surface area contributed by atoms with E-state index < -0.39 is 42.4 Å². The number of nitrogens with two attached hydrogens (primary N) is 3. The summed E-state index contributed by atoms with van der Waals surface area (Å²) in [4.78, 5) is 50.6. The fourth-order valence-electron chi connectivity index (χ4n) is 1.94. The number of urea groups is 1. The van der Waals surface area contributed by atoms with Crippen LogP contribution in [0.15, 0.2) is 4.99 Å². The van der Waals surface area contributed by atoms with Crippen LogP contribution >= 0.6 is 0 Å². The van der Waals surface area contributed by atoms with Crippen molar-refractivity contribution in [2.45, 2.75) is 24.9 Å². The Morgan fingerprint density at radius 1 is 1.38 bits per heavy atom. The first kappa shape index (κ1) is 19.2. The van der Waals surface area contributed by atoms with E-state index in [1.54, 1.807) is 0 Å². The van der Waals surface area contributed by atoms with E-state index in [0.717, 1.165) is 4.90 Å². The molecule has 0 radical (unpaired) electrons. The number of nitrogens with zero attached hydrogens (tertiary/aromatic N) is 2. The van der Waals surface area contributed by atoms with E-state index >= 15 is 0 Å². The van der Waals surface area contributed by atoms with E-state index in [2.05, 4.69) is 15.6 Å². The number of carboxylic acids is 1. The van der Waals surface area contributed by atoms with Crippen molar-refractivity contribution in [2.75, 3.05) is 19.6 Å². The van der Waals surface area contributed by atoms with Gasteiger partial charge in [0.2, 0.25) is 5.91 Å². The van der Waals surface area contributed by atoms with Gasteiger partial charge in [-0.15, -0.1) is 0 Å². The summed E-state index contributed by atoms with van der Waals surface area (Å²) < 4.78 is 0. The summed E-state index contributed by atoms with van der Waals surface area (Å²) in [5.74, 6) is -2.56. The highest BCUT2D eigenvalue weighted by atomic mass is 16.4. The minimum absolute atomic E-state index is 0.0605. The fraction of sp³-hybridized carbons (Fsp3) is 0.583. The number of hydrogen-bond acceptors (Lipinski definition) is 6. The third-order valence-corrected chi connectivity index (χ3v) is 3.19. The second-order valence-electron chi connectivity index (χ2n) is 5.12. The summed E-state index contributed by atoms with van der Waals surface area (Å²) >= 11 is 0. The zero-order valence-electron chi connectivity index (χ0n) is 12.9. The molecule has 9 N–H and O–H groups in total. The van der Waals surface area contributed by atoms with Crippen molar-refractivity contribution < 1.29 is 24.3 Å². The number of imide groups is 1. The summed E-state index contributed by atoms with van der Waals surface area (Å²) in [5.41, 5.74) is 15.6. The normalized spacial score (nSPS) is 18.0. The number of hydrogen-bond donors (Lipinski definition) is 6. The topological polar surface area (TPSA) is 206 Å². The molecular formula is C12H21N7O5. The van der Waals surface area contributed by atoms with E-state index in [0.29, 0.717) is 19.4 Å². The van der Waals surface area contributed by atoms with Crippen LogP contribution in [0.25, 0.3) is 0 Å². The number of guanidine groups is 1. The van der Waals surface area contributed by atoms with Crippen molar-refractivity contribution >= 4 is 29.8 Å². The molecule has 12 nitrogen and oxygen atoms in total. The van der Waals surface area contributed by atoms with E-state index in [-0.39, 0.29) is 12.5 Å². The number of carbonyl (C=O) groups is 4. The van der Waals surface area contributed by atoms with E-state index in [9.17, 15) is 19.2 Å². The van der Waals surface area contributed by atoms with Gasteiger partial charge in [-0.3, -0.25) is 24.3 Å². The summed E-state index contributed by atoms with van der Waals surface area (Å²) in [6, 6.07) is -2.70. The van der Waals surface area contributed by atoms with Crippen molar-refractivity contribution in [1.29, 1.82) is 0 Å². The van der Waals surface area contributed by atoms with Gasteiger partial charge in [0.1, 0.15) is 18.6 Å². The van der Waals surface area contributed by atoms with Crippen LogP contribution in [0.5, 0.6) is 0 Å². The molecular weight excluding hydrogens is 322 g/mol. The van der Waals surface area contributed by atoms with Crippen LogP contribution in [0.1, 0.15) is 12.8 Å². The molecule has 1 aliphatic heterocycles. The number of carboxylic acid groups (broad SMARTS) is 1. The second kappa shape index (κ2) is 8.67. The van der Waals surface area contributed by atoms with Crippen molar-refractivity contribution in [3.8, 4) is 0 Å². The summed E-state index contributed by atoms with van der Waals surface area (Å²) in [6.45, 7) is -0.503. The molecule has 134 valence electrons. The molecule has 2 atom stereocenters. The quantitative estimate of drug-likeness (QED) is 0.107. The van der Waals surface area contributed by atoms with Gasteiger partial charge in [-0.2, -0.15) is 0 Å².